The Morgan fingerprint density at radius 2 is 0.520 bits per heavy atom. The molecule has 9 N–H and O–H groups in total. The highest BCUT2D eigenvalue weighted by atomic mass is 32.2. The number of anilines is 20. The third-order valence-electron chi connectivity index (χ3n) is 28.2. The van der Waals surface area contributed by atoms with Crippen LogP contribution in [-0.4, -0.2) is 284 Å². The first kappa shape index (κ1) is 106. The van der Waals surface area contributed by atoms with Crippen LogP contribution in [0.2, 0.25) is 0 Å². The van der Waals surface area contributed by atoms with Crippen molar-refractivity contribution >= 4 is 155 Å². The quantitative estimate of drug-likeness (QED) is 0.0210. The number of benzene rings is 8. The molecule has 11 heterocycles. The molecule has 4 aromatic heterocycles. The van der Waals surface area contributed by atoms with Crippen molar-refractivity contribution in [2.24, 2.45) is 0 Å². The SMILES string of the molecule is Cc1cnc(Nc2ccc(N3CCN(C)CC3)cc2)nc1Nc1cccc(S(=O)(=O)N2CCCC2)c1.Cc1cnc(Nc2ccc(N3CCN(C)CC3)cc2)nc1Nc1cccc(S(=O)(=O)N2CCCCC2)c1.Cc1cnc(Nc2ccc(N3CCN(C)CC3)cc2)nc1Nc1cccc(S(=O)(=O)N2CCCCC2C)c1.Cc1cnc(Nc2ccc(N3CCN(C)CC3)cc2)nc1Nc1cccc(S(=O)(=O)NC2CCCC2)c1. The number of rotatable bonds is 29. The van der Waals surface area contributed by atoms with Crippen LogP contribution in [0.25, 0.3) is 0 Å². The average molecular weight is 2090 g/mol. The van der Waals surface area contributed by atoms with Crippen LogP contribution in [-0.2, 0) is 40.1 Å². The van der Waals surface area contributed by atoms with Gasteiger partial charge in [0.05, 0.1) is 19.6 Å². The Hall–Kier alpha value is -12.8. The van der Waals surface area contributed by atoms with Crippen LogP contribution in [0.1, 0.15) is 106 Å². The van der Waals surface area contributed by atoms with E-state index in [9.17, 15) is 33.7 Å². The van der Waals surface area contributed by atoms with Crippen LogP contribution in [0.3, 0.4) is 0 Å². The molecule has 8 fully saturated rings. The first-order valence-corrected chi connectivity index (χ1v) is 57.3. The second kappa shape index (κ2) is 49.1. The van der Waals surface area contributed by atoms with Gasteiger partial charge in [-0.05, 0) is 284 Å². The van der Waals surface area contributed by atoms with E-state index < -0.39 is 40.1 Å². The molecule has 0 spiro atoms. The molecule has 1 atom stereocenters. The van der Waals surface area contributed by atoms with Gasteiger partial charge in [-0.25, -0.2) is 58.3 Å². The average Bonchev–Trinajstić information content (AvgIpc) is 1.03. The lowest BCUT2D eigenvalue weighted by molar-refractivity contribution is 0.268. The highest BCUT2D eigenvalue weighted by Crippen LogP contribution is 2.36. The van der Waals surface area contributed by atoms with Gasteiger partial charge in [0.15, 0.2) is 0 Å². The van der Waals surface area contributed by atoms with Crippen molar-refractivity contribution in [3.63, 3.8) is 0 Å². The van der Waals surface area contributed by atoms with Crippen LogP contribution < -0.4 is 66.9 Å². The summed E-state index contributed by atoms with van der Waals surface area (Å²) in [6.07, 6.45) is 18.5. The molecule has 148 heavy (non-hydrogen) atoms. The first-order chi connectivity index (χ1) is 71.4. The van der Waals surface area contributed by atoms with E-state index in [4.69, 9.17) is 0 Å². The number of aryl methyl sites for hydroxylation is 4. The zero-order chi connectivity index (χ0) is 103. The fourth-order valence-corrected chi connectivity index (χ4v) is 25.3. The maximum absolute atomic E-state index is 13.3. The minimum atomic E-state index is -3.57. The van der Waals surface area contributed by atoms with Crippen LogP contribution >= 0.6 is 0 Å². The van der Waals surface area contributed by atoms with E-state index in [1.54, 1.807) is 110 Å². The number of aromatic nitrogens is 8. The van der Waals surface area contributed by atoms with Gasteiger partial charge >= 0.3 is 0 Å². The van der Waals surface area contributed by atoms with Gasteiger partial charge in [0.1, 0.15) is 23.3 Å². The standard InChI is InChI=1S/C28H37N7O2S.2C27H35N7O2S.C26H33N7O2S/c1-21-20-29-28(31-23-10-12-25(13-11-23)34-17-15-33(3)16-18-34)32-27(21)30-24-8-6-9-26(19-24)38(36,37)35-14-5-4-7-22(35)2;1-20-19-28-27(30-21-10-12-24(13-11-21)34-16-14-33(2)15-17-34)31-26(20)29-23-8-5-9-25(18-23)37(35,36)32-22-6-3-4-7-22;1-21-20-28-27(30-22-9-11-24(12-10-22)33-17-15-32(2)16-18-33)31-26(21)29-23-7-6-8-25(19-23)37(35,36)34-13-4-3-5-14-34;1-20-19-27-26(29-21-8-10-23(11-9-21)32-16-14-31(2)15-17-32)30-25(20)28-22-6-5-7-24(18-22)36(34,35)33-12-3-4-13-33/h6,8-13,19-20,22H,4-5,7,14-18H2,1-3H3,(H2,29,30,31,32);5,8-13,18-19,22,32H,3-4,6-7,14-17H2,1-2H3,(H2,28,29,30,31);6-12,19-20H,3-5,13-18H2,1-2H3,(H2,28,29,30,31);5-11,18-19H,3-4,12-17H2,1-2H3,(H2,27,28,29,30). The normalized spacial score (nSPS) is 17.9. The molecule has 1 unspecified atom stereocenters. The molecule has 8 aliphatic rings. The van der Waals surface area contributed by atoms with Crippen molar-refractivity contribution in [2.75, 3.05) is 228 Å². The second-order valence-corrected chi connectivity index (χ2v) is 47.0. The molecule has 0 radical (unpaired) electrons. The summed E-state index contributed by atoms with van der Waals surface area (Å²) in [5.74, 6) is 4.36. The lowest BCUT2D eigenvalue weighted by Crippen LogP contribution is -2.44. The Morgan fingerprint density at radius 1 is 0.264 bits per heavy atom. The number of nitrogens with zero attached hydrogens (tertiary/aromatic N) is 19. The highest BCUT2D eigenvalue weighted by molar-refractivity contribution is 7.90. The number of hydrogen-bond acceptors (Lipinski definition) is 32. The molecule has 40 heteroatoms. The van der Waals surface area contributed by atoms with Crippen molar-refractivity contribution in [3.8, 4) is 0 Å². The minimum absolute atomic E-state index is 0.0127. The molecule has 0 amide bonds. The first-order valence-electron chi connectivity index (χ1n) is 51.5. The highest BCUT2D eigenvalue weighted by Gasteiger charge is 2.34. The molecule has 8 aromatic carbocycles. The monoisotopic (exact) mass is 2090 g/mol. The number of hydrogen-bond donors (Lipinski definition) is 9. The van der Waals surface area contributed by atoms with Gasteiger partial charge in [0.25, 0.3) is 0 Å². The van der Waals surface area contributed by atoms with E-state index in [-0.39, 0.29) is 17.0 Å². The summed E-state index contributed by atoms with van der Waals surface area (Å²) in [5.41, 5.74) is 14.6. The van der Waals surface area contributed by atoms with Crippen molar-refractivity contribution in [1.29, 1.82) is 0 Å². The Labute approximate surface area is 872 Å². The van der Waals surface area contributed by atoms with Crippen molar-refractivity contribution < 1.29 is 33.7 Å². The number of likely N-dealkylation sites (N-methyl/N-ethyl adjacent to an activating group) is 4. The predicted molar refractivity (Wildman–Crippen MR) is 594 cm³/mol. The summed E-state index contributed by atoms with van der Waals surface area (Å²) >= 11 is 0. The molecule has 1 saturated carbocycles. The molecule has 20 rings (SSSR count). The second-order valence-electron chi connectivity index (χ2n) is 39.5. The van der Waals surface area contributed by atoms with Crippen LogP contribution in [0, 0.1) is 27.7 Å². The zero-order valence-corrected chi connectivity index (χ0v) is 89.4. The van der Waals surface area contributed by atoms with E-state index in [2.05, 4.69) is 203 Å². The maximum Gasteiger partial charge on any atom is 0.243 e. The van der Waals surface area contributed by atoms with E-state index in [0.717, 1.165) is 227 Å². The zero-order valence-electron chi connectivity index (χ0n) is 86.2. The van der Waals surface area contributed by atoms with E-state index in [0.29, 0.717) is 117 Å². The topological polar surface area (TPSA) is 384 Å². The molecule has 1 aliphatic carbocycles. The number of nitrogens with one attached hydrogen (secondary N) is 9. The summed E-state index contributed by atoms with van der Waals surface area (Å²) < 4.78 is 112. The fraction of sp³-hybridized carbons (Fsp3) is 0.407. The summed E-state index contributed by atoms with van der Waals surface area (Å²) in [7, 11) is -5.50. The molecule has 0 bridgehead atoms. The Bertz CT molecular complexity index is 6950. The minimum Gasteiger partial charge on any atom is -0.369 e. The number of sulfonamides is 4. The van der Waals surface area contributed by atoms with Gasteiger partial charge in [-0.3, -0.25) is 0 Å². The Morgan fingerprint density at radius 3 is 0.811 bits per heavy atom. The summed E-state index contributed by atoms with van der Waals surface area (Å²) in [4.78, 5) is 56.4. The van der Waals surface area contributed by atoms with Gasteiger partial charge in [-0.1, -0.05) is 49.9 Å². The molecule has 7 aliphatic heterocycles. The Balaban J connectivity index is 0.000000135. The third kappa shape index (κ3) is 28.2. The van der Waals surface area contributed by atoms with Gasteiger partial charge in [-0.2, -0.15) is 32.9 Å². The van der Waals surface area contributed by atoms with Gasteiger partial charge in [0.2, 0.25) is 63.9 Å². The van der Waals surface area contributed by atoms with Crippen molar-refractivity contribution in [2.45, 2.75) is 143 Å². The van der Waals surface area contributed by atoms with E-state index in [1.807, 2.05) is 107 Å². The number of piperazine rings is 4. The molecular weight excluding hydrogens is 1950 g/mol. The largest absolute Gasteiger partial charge is 0.369 e. The Kier molecular flexibility index (Phi) is 35.3. The van der Waals surface area contributed by atoms with Crippen LogP contribution in [0.4, 0.5) is 115 Å². The fourth-order valence-electron chi connectivity index (χ4n) is 19.0. The van der Waals surface area contributed by atoms with Crippen molar-refractivity contribution in [1.82, 2.24) is 77.1 Å². The summed E-state index contributed by atoms with van der Waals surface area (Å²) in [5, 5.41) is 26.2. The summed E-state index contributed by atoms with van der Waals surface area (Å²) in [6.45, 7) is 29.3. The molecule has 7 saturated heterocycles. The van der Waals surface area contributed by atoms with Gasteiger partial charge in [-0.15, -0.1) is 0 Å². The van der Waals surface area contributed by atoms with E-state index >= 15 is 0 Å². The third-order valence-corrected chi connectivity index (χ3v) is 35.5. The molecule has 12 aromatic rings. The van der Waals surface area contributed by atoms with E-state index in [1.165, 1.54) is 22.7 Å². The predicted octanol–water partition coefficient (Wildman–Crippen LogP) is 16.8. The smallest absolute Gasteiger partial charge is 0.243 e. The van der Waals surface area contributed by atoms with Gasteiger partial charge in [0, 0.05) is 265 Å². The molecule has 36 nitrogen and oxygen atoms in total. The summed E-state index contributed by atoms with van der Waals surface area (Å²) in [6, 6.07) is 60.9. The molecule has 784 valence electrons. The lowest BCUT2D eigenvalue weighted by atomic mass is 10.1. The van der Waals surface area contributed by atoms with Crippen LogP contribution in [0.15, 0.2) is 238 Å². The van der Waals surface area contributed by atoms with Gasteiger partial charge < -0.3 is 81.7 Å². The van der Waals surface area contributed by atoms with Crippen molar-refractivity contribution in [3.05, 3.63) is 241 Å². The van der Waals surface area contributed by atoms with Crippen LogP contribution in [0.5, 0.6) is 0 Å². The maximum atomic E-state index is 13.3. The lowest BCUT2D eigenvalue weighted by Gasteiger charge is -2.34. The molecular formula is C108H140N28O8S4. The number of piperidine rings is 2.